The van der Waals surface area contributed by atoms with Gasteiger partial charge in [0.15, 0.2) is 0 Å². The SMILES string of the molecule is c1cc(-c2ccc(-c3cccc4ccccc34)cc2)cc(N(c2ccccc2-c2cccc3c2oc2ccccc23)c2ccccc2-n2c3ccccc3c3ccccc32)c1. The van der Waals surface area contributed by atoms with E-state index in [1.807, 2.05) is 6.07 Å². The fourth-order valence-corrected chi connectivity index (χ4v) is 9.43. The molecule has 0 aliphatic carbocycles. The molecule has 0 amide bonds. The second-order valence-electron chi connectivity index (χ2n) is 15.6. The Morgan fingerprint density at radius 3 is 1.72 bits per heavy atom. The van der Waals surface area contributed by atoms with Gasteiger partial charge >= 0.3 is 0 Å². The number of aromatic nitrogens is 1. The molecule has 12 aromatic rings. The molecule has 0 bridgehead atoms. The summed E-state index contributed by atoms with van der Waals surface area (Å²) in [6, 6.07) is 82.9. The van der Waals surface area contributed by atoms with Crippen molar-refractivity contribution in [2.24, 2.45) is 0 Å². The number of anilines is 3. The third kappa shape index (κ3) is 5.74. The van der Waals surface area contributed by atoms with Crippen LogP contribution in [0.2, 0.25) is 0 Å². The van der Waals surface area contributed by atoms with Gasteiger partial charge in [0.25, 0.3) is 0 Å². The molecule has 0 N–H and O–H groups in total. The van der Waals surface area contributed by atoms with Crippen molar-refractivity contribution in [1.82, 2.24) is 4.57 Å². The van der Waals surface area contributed by atoms with E-state index in [1.54, 1.807) is 0 Å². The van der Waals surface area contributed by atoms with Crippen molar-refractivity contribution < 1.29 is 4.42 Å². The molecule has 286 valence electrons. The third-order valence-corrected chi connectivity index (χ3v) is 12.2. The van der Waals surface area contributed by atoms with Crippen molar-refractivity contribution in [2.75, 3.05) is 4.90 Å². The second-order valence-corrected chi connectivity index (χ2v) is 15.6. The van der Waals surface area contributed by atoms with Gasteiger partial charge in [-0.25, -0.2) is 0 Å². The Balaban J connectivity index is 1.07. The molecule has 12 rings (SSSR count). The predicted molar refractivity (Wildman–Crippen MR) is 257 cm³/mol. The van der Waals surface area contributed by atoms with Gasteiger partial charge in [0, 0.05) is 38.4 Å². The molecule has 0 aliphatic rings. The van der Waals surface area contributed by atoms with Crippen LogP contribution in [-0.4, -0.2) is 4.57 Å². The predicted octanol–water partition coefficient (Wildman–Crippen LogP) is 16.3. The van der Waals surface area contributed by atoms with Gasteiger partial charge in [-0.15, -0.1) is 0 Å². The summed E-state index contributed by atoms with van der Waals surface area (Å²) in [5, 5.41) is 7.18. The molecule has 0 spiro atoms. The minimum absolute atomic E-state index is 0.881. The summed E-state index contributed by atoms with van der Waals surface area (Å²) in [6.07, 6.45) is 0. The molecular weight excluding hydrogens is 741 g/mol. The minimum Gasteiger partial charge on any atom is -0.455 e. The van der Waals surface area contributed by atoms with E-state index in [1.165, 1.54) is 32.7 Å². The van der Waals surface area contributed by atoms with Crippen LogP contribution in [0.1, 0.15) is 0 Å². The maximum atomic E-state index is 6.68. The van der Waals surface area contributed by atoms with Gasteiger partial charge in [-0.3, -0.25) is 0 Å². The van der Waals surface area contributed by atoms with Gasteiger partial charge in [0.2, 0.25) is 0 Å². The minimum atomic E-state index is 0.881. The molecule has 3 heteroatoms. The number of furan rings is 1. The van der Waals surface area contributed by atoms with E-state index in [2.05, 4.69) is 234 Å². The zero-order valence-corrected chi connectivity index (χ0v) is 33.2. The van der Waals surface area contributed by atoms with Crippen LogP contribution in [-0.2, 0) is 0 Å². The van der Waals surface area contributed by atoms with Crippen LogP contribution in [0.3, 0.4) is 0 Å². The lowest BCUT2D eigenvalue weighted by Gasteiger charge is -2.30. The van der Waals surface area contributed by atoms with Crippen molar-refractivity contribution >= 4 is 71.6 Å². The van der Waals surface area contributed by atoms with Crippen molar-refractivity contribution in [3.05, 3.63) is 231 Å². The molecule has 0 saturated heterocycles. The molecule has 0 saturated carbocycles. The van der Waals surface area contributed by atoms with Crippen molar-refractivity contribution in [2.45, 2.75) is 0 Å². The van der Waals surface area contributed by atoms with Gasteiger partial charge < -0.3 is 13.9 Å². The molecule has 3 nitrogen and oxygen atoms in total. The van der Waals surface area contributed by atoms with E-state index in [0.29, 0.717) is 0 Å². The average molecular weight is 779 g/mol. The normalized spacial score (nSPS) is 11.6. The Bertz CT molecular complexity index is 3550. The number of benzene rings is 10. The highest BCUT2D eigenvalue weighted by atomic mass is 16.3. The first-order valence-electron chi connectivity index (χ1n) is 20.8. The van der Waals surface area contributed by atoms with Crippen molar-refractivity contribution in [3.63, 3.8) is 0 Å². The number of hydrogen-bond donors (Lipinski definition) is 0. The average Bonchev–Trinajstić information content (AvgIpc) is 3.88. The Labute approximate surface area is 353 Å². The van der Waals surface area contributed by atoms with Gasteiger partial charge in [-0.1, -0.05) is 182 Å². The molecule has 61 heavy (non-hydrogen) atoms. The fourth-order valence-electron chi connectivity index (χ4n) is 9.43. The van der Waals surface area contributed by atoms with E-state index in [0.717, 1.165) is 78.0 Å². The summed E-state index contributed by atoms with van der Waals surface area (Å²) in [5.74, 6) is 0. The van der Waals surface area contributed by atoms with E-state index in [4.69, 9.17) is 4.42 Å². The molecule has 0 fully saturated rings. The summed E-state index contributed by atoms with van der Waals surface area (Å²) in [5.41, 5.74) is 15.2. The molecule has 2 heterocycles. The lowest BCUT2D eigenvalue weighted by atomic mass is 9.96. The highest BCUT2D eigenvalue weighted by Gasteiger charge is 2.24. The molecule has 10 aromatic carbocycles. The summed E-state index contributed by atoms with van der Waals surface area (Å²) < 4.78 is 9.10. The number of fused-ring (bicyclic) bond motifs is 7. The number of rotatable bonds is 7. The van der Waals surface area contributed by atoms with Crippen LogP contribution in [0.25, 0.3) is 93.6 Å². The maximum Gasteiger partial charge on any atom is 0.143 e. The Morgan fingerprint density at radius 2 is 0.902 bits per heavy atom. The van der Waals surface area contributed by atoms with E-state index < -0.39 is 0 Å². The Morgan fingerprint density at radius 1 is 0.344 bits per heavy atom. The van der Waals surface area contributed by atoms with Gasteiger partial charge in [-0.2, -0.15) is 0 Å². The summed E-state index contributed by atoms with van der Waals surface area (Å²) in [4.78, 5) is 2.43. The van der Waals surface area contributed by atoms with Gasteiger partial charge in [-0.05, 0) is 81.6 Å². The standard InChI is InChI=1S/C58H38N2O/c1-2-20-44-40(16-1)17-14-25-45(44)41-36-34-39(35-37-41)42-18-13-19-43(38-42)59(52-28-7-5-23-48(52)50-26-15-27-51-49-24-6-12-33-57(49)61-58(50)51)55-31-10-11-32-56(55)60-53-29-8-3-21-46(53)47-22-4-9-30-54(47)60/h1-38H. The van der Waals surface area contributed by atoms with Crippen LogP contribution in [0.5, 0.6) is 0 Å². The maximum absolute atomic E-state index is 6.68. The third-order valence-electron chi connectivity index (χ3n) is 12.2. The largest absolute Gasteiger partial charge is 0.455 e. The number of hydrogen-bond acceptors (Lipinski definition) is 2. The Hall–Kier alpha value is -8.14. The molecule has 0 unspecified atom stereocenters. The van der Waals surface area contributed by atoms with Crippen molar-refractivity contribution in [3.8, 4) is 39.1 Å². The number of para-hydroxylation sites is 7. The summed E-state index contributed by atoms with van der Waals surface area (Å²) >= 11 is 0. The van der Waals surface area contributed by atoms with E-state index in [9.17, 15) is 0 Å². The van der Waals surface area contributed by atoms with Crippen LogP contribution in [0.4, 0.5) is 17.1 Å². The quantitative estimate of drug-likeness (QED) is 0.161. The lowest BCUT2D eigenvalue weighted by molar-refractivity contribution is 0.670. The molecular formula is C58H38N2O. The highest BCUT2D eigenvalue weighted by Crippen LogP contribution is 2.47. The monoisotopic (exact) mass is 778 g/mol. The van der Waals surface area contributed by atoms with E-state index >= 15 is 0 Å². The van der Waals surface area contributed by atoms with E-state index in [-0.39, 0.29) is 0 Å². The lowest BCUT2D eigenvalue weighted by Crippen LogP contribution is -2.14. The fraction of sp³-hybridized carbons (Fsp3) is 0. The van der Waals surface area contributed by atoms with Crippen LogP contribution >= 0.6 is 0 Å². The Kier molecular flexibility index (Phi) is 8.17. The summed E-state index contributed by atoms with van der Waals surface area (Å²) in [6.45, 7) is 0. The first-order chi connectivity index (χ1) is 30.3. The van der Waals surface area contributed by atoms with Gasteiger partial charge in [0.1, 0.15) is 11.2 Å². The van der Waals surface area contributed by atoms with Crippen LogP contribution in [0, 0.1) is 0 Å². The smallest absolute Gasteiger partial charge is 0.143 e. The molecule has 0 atom stereocenters. The molecule has 0 radical (unpaired) electrons. The zero-order chi connectivity index (χ0) is 40.3. The first-order valence-corrected chi connectivity index (χ1v) is 20.8. The van der Waals surface area contributed by atoms with Gasteiger partial charge in [0.05, 0.1) is 28.1 Å². The number of nitrogens with zero attached hydrogens (tertiary/aromatic N) is 2. The molecule has 2 aromatic heterocycles. The highest BCUT2D eigenvalue weighted by molar-refractivity contribution is 6.12. The first kappa shape index (κ1) is 34.9. The zero-order valence-electron chi connectivity index (χ0n) is 33.2. The van der Waals surface area contributed by atoms with Crippen LogP contribution in [0.15, 0.2) is 235 Å². The molecule has 0 aliphatic heterocycles. The summed E-state index contributed by atoms with van der Waals surface area (Å²) in [7, 11) is 0. The topological polar surface area (TPSA) is 21.3 Å². The van der Waals surface area contributed by atoms with Crippen molar-refractivity contribution in [1.29, 1.82) is 0 Å². The second kappa shape index (κ2) is 14.3. The van der Waals surface area contributed by atoms with Crippen LogP contribution < -0.4 is 4.90 Å².